The zero-order valence-electron chi connectivity index (χ0n) is 17.2. The zero-order valence-corrected chi connectivity index (χ0v) is 18.0. The third-order valence-electron chi connectivity index (χ3n) is 5.60. The molecule has 0 aliphatic carbocycles. The Morgan fingerprint density at radius 1 is 1.07 bits per heavy atom. The second kappa shape index (κ2) is 10.4. The van der Waals surface area contributed by atoms with E-state index in [1.54, 1.807) is 6.92 Å². The number of benzene rings is 1. The highest BCUT2D eigenvalue weighted by Crippen LogP contribution is 2.19. The topological polar surface area (TPSA) is 85.7 Å². The van der Waals surface area contributed by atoms with Gasteiger partial charge in [-0.2, -0.15) is 5.26 Å². The lowest BCUT2D eigenvalue weighted by molar-refractivity contribution is -0.138. The van der Waals surface area contributed by atoms with Crippen LogP contribution in [0.2, 0.25) is 0 Å². The molecular formula is C21H32N4O3S. The van der Waals surface area contributed by atoms with Gasteiger partial charge in [0.2, 0.25) is 0 Å². The van der Waals surface area contributed by atoms with Gasteiger partial charge in [-0.25, -0.2) is 8.42 Å². The van der Waals surface area contributed by atoms with Crippen LogP contribution in [0.5, 0.6) is 0 Å². The molecule has 7 nitrogen and oxygen atoms in total. The van der Waals surface area contributed by atoms with Crippen LogP contribution in [0.15, 0.2) is 24.3 Å². The summed E-state index contributed by atoms with van der Waals surface area (Å²) in [5.41, 5.74) is 1.72. The van der Waals surface area contributed by atoms with Crippen molar-refractivity contribution in [3.05, 3.63) is 29.8 Å². The second-order valence-corrected chi connectivity index (χ2v) is 10.4. The van der Waals surface area contributed by atoms with Gasteiger partial charge in [0.1, 0.15) is 9.84 Å². The molecule has 0 saturated carbocycles. The number of sulfone groups is 1. The van der Waals surface area contributed by atoms with Gasteiger partial charge in [0.15, 0.2) is 0 Å². The van der Waals surface area contributed by atoms with Crippen LogP contribution in [0.1, 0.15) is 25.3 Å². The van der Waals surface area contributed by atoms with E-state index in [2.05, 4.69) is 21.2 Å². The van der Waals surface area contributed by atoms with Crippen LogP contribution in [0.25, 0.3) is 0 Å². The molecule has 1 aromatic rings. The molecule has 0 aromatic heterocycles. The van der Waals surface area contributed by atoms with E-state index in [4.69, 9.17) is 10.00 Å². The smallest absolute Gasteiger partial charge is 0.150 e. The molecule has 0 amide bonds. The van der Waals surface area contributed by atoms with Gasteiger partial charge in [-0.05, 0) is 43.7 Å². The normalized spacial score (nSPS) is 22.9. The maximum Gasteiger partial charge on any atom is 0.150 e. The maximum absolute atomic E-state index is 11.7. The fourth-order valence-corrected chi connectivity index (χ4v) is 4.93. The highest BCUT2D eigenvalue weighted by molar-refractivity contribution is 7.91. The second-order valence-electron chi connectivity index (χ2n) is 7.96. The van der Waals surface area contributed by atoms with E-state index < -0.39 is 9.84 Å². The molecule has 2 heterocycles. The summed E-state index contributed by atoms with van der Waals surface area (Å²) in [5, 5.41) is 12.3. The molecule has 2 saturated heterocycles. The van der Waals surface area contributed by atoms with E-state index in [-0.39, 0.29) is 23.7 Å². The van der Waals surface area contributed by atoms with Gasteiger partial charge < -0.3 is 10.1 Å². The number of ether oxygens (including phenoxy) is 1. The number of morpholine rings is 2. The van der Waals surface area contributed by atoms with Crippen molar-refractivity contribution in [1.29, 1.82) is 5.26 Å². The minimum absolute atomic E-state index is 0.219. The lowest BCUT2D eigenvalue weighted by atomic mass is 10.1. The number of rotatable bonds is 10. The molecule has 0 spiro atoms. The van der Waals surface area contributed by atoms with Crippen LogP contribution in [0.4, 0.5) is 5.69 Å². The lowest BCUT2D eigenvalue weighted by Gasteiger charge is -2.46. The molecule has 2 aliphatic heterocycles. The fraction of sp³-hybridized carbons (Fsp3) is 0.667. The van der Waals surface area contributed by atoms with E-state index in [0.29, 0.717) is 12.0 Å². The third-order valence-corrected chi connectivity index (χ3v) is 7.39. The quantitative estimate of drug-likeness (QED) is 0.575. The number of hydrogen-bond acceptors (Lipinski definition) is 7. The fourth-order valence-electron chi connectivity index (χ4n) is 4.08. The van der Waals surface area contributed by atoms with E-state index in [1.165, 1.54) is 0 Å². The summed E-state index contributed by atoms with van der Waals surface area (Å²) in [5.74, 6) is 0.519. The van der Waals surface area contributed by atoms with E-state index in [0.717, 1.165) is 57.9 Å². The van der Waals surface area contributed by atoms with Crippen LogP contribution in [-0.2, 0) is 14.6 Å². The van der Waals surface area contributed by atoms with Crippen molar-refractivity contribution in [2.45, 2.75) is 32.0 Å². The first kappa shape index (κ1) is 22.0. The largest absolute Gasteiger partial charge is 0.385 e. The predicted octanol–water partition coefficient (Wildman–Crippen LogP) is 1.57. The number of fused-ring (bicyclic) bond motifs is 2. The standard InChI is InChI=1S/C21H32N4O3S/c1-2-29(26,27)12-4-11-25-16-20-14-24(15-21(17-25)28-20)10-3-9-23-19-7-5-18(13-22)6-8-19/h5-8,20-21,23H,2-4,9-12,14-17H2,1H3. The maximum atomic E-state index is 11.7. The number of nitrogens with one attached hydrogen (secondary N) is 1. The summed E-state index contributed by atoms with van der Waals surface area (Å²) in [6.07, 6.45) is 2.20. The summed E-state index contributed by atoms with van der Waals surface area (Å²) in [6, 6.07) is 9.67. The summed E-state index contributed by atoms with van der Waals surface area (Å²) >= 11 is 0. The molecule has 3 rings (SSSR count). The summed E-state index contributed by atoms with van der Waals surface area (Å²) in [4.78, 5) is 4.85. The Hall–Kier alpha value is -1.66. The van der Waals surface area contributed by atoms with Crippen molar-refractivity contribution in [2.24, 2.45) is 0 Å². The molecule has 29 heavy (non-hydrogen) atoms. The van der Waals surface area contributed by atoms with Crippen LogP contribution in [0, 0.1) is 11.3 Å². The molecule has 1 aromatic carbocycles. The van der Waals surface area contributed by atoms with Gasteiger partial charge in [0.25, 0.3) is 0 Å². The summed E-state index contributed by atoms with van der Waals surface area (Å²) in [6.45, 7) is 8.15. The van der Waals surface area contributed by atoms with Crippen molar-refractivity contribution < 1.29 is 13.2 Å². The van der Waals surface area contributed by atoms with Gasteiger partial charge in [-0.3, -0.25) is 9.80 Å². The highest BCUT2D eigenvalue weighted by Gasteiger charge is 2.34. The van der Waals surface area contributed by atoms with Crippen molar-refractivity contribution in [3.63, 3.8) is 0 Å². The number of nitrogens with zero attached hydrogens (tertiary/aromatic N) is 3. The van der Waals surface area contributed by atoms with Crippen LogP contribution >= 0.6 is 0 Å². The van der Waals surface area contributed by atoms with Crippen molar-refractivity contribution in [3.8, 4) is 6.07 Å². The molecule has 2 atom stereocenters. The van der Waals surface area contributed by atoms with Gasteiger partial charge in [0, 0.05) is 50.7 Å². The molecular weight excluding hydrogens is 388 g/mol. The lowest BCUT2D eigenvalue weighted by Crippen LogP contribution is -2.59. The number of nitriles is 1. The molecule has 2 unspecified atom stereocenters. The van der Waals surface area contributed by atoms with E-state index >= 15 is 0 Å². The van der Waals surface area contributed by atoms with E-state index in [1.807, 2.05) is 24.3 Å². The van der Waals surface area contributed by atoms with Crippen LogP contribution < -0.4 is 5.32 Å². The van der Waals surface area contributed by atoms with Crippen LogP contribution in [0.3, 0.4) is 0 Å². The van der Waals surface area contributed by atoms with Gasteiger partial charge in [0.05, 0.1) is 29.6 Å². The van der Waals surface area contributed by atoms with Crippen molar-refractivity contribution in [2.75, 3.05) is 62.6 Å². The average molecular weight is 421 g/mol. The first-order valence-electron chi connectivity index (χ1n) is 10.5. The first-order chi connectivity index (χ1) is 14.0. The van der Waals surface area contributed by atoms with Crippen molar-refractivity contribution >= 4 is 15.5 Å². The SMILES string of the molecule is CCS(=O)(=O)CCCN1CC2CN(CCCNc3ccc(C#N)cc3)CC(C1)O2. The Bertz CT molecular complexity index is 777. The minimum Gasteiger partial charge on any atom is -0.385 e. The molecule has 8 heteroatoms. The average Bonchev–Trinajstić information content (AvgIpc) is 2.71. The zero-order chi connectivity index (χ0) is 20.7. The molecule has 1 N–H and O–H groups in total. The van der Waals surface area contributed by atoms with Crippen molar-refractivity contribution in [1.82, 2.24) is 9.80 Å². The third kappa shape index (κ3) is 6.96. The predicted molar refractivity (Wildman–Crippen MR) is 115 cm³/mol. The Morgan fingerprint density at radius 3 is 2.21 bits per heavy atom. The molecule has 0 radical (unpaired) electrons. The Labute approximate surface area is 174 Å². The van der Waals surface area contributed by atoms with Crippen LogP contribution in [-0.4, -0.2) is 87.7 Å². The molecule has 2 aliphatic rings. The molecule has 160 valence electrons. The van der Waals surface area contributed by atoms with E-state index in [9.17, 15) is 8.42 Å². The Morgan fingerprint density at radius 2 is 1.66 bits per heavy atom. The molecule has 2 fully saturated rings. The number of hydrogen-bond donors (Lipinski definition) is 1. The Balaban J connectivity index is 1.34. The first-order valence-corrected chi connectivity index (χ1v) is 12.3. The van der Waals surface area contributed by atoms with Gasteiger partial charge in [-0.1, -0.05) is 6.92 Å². The van der Waals surface area contributed by atoms with Gasteiger partial charge >= 0.3 is 0 Å². The summed E-state index contributed by atoms with van der Waals surface area (Å²) < 4.78 is 29.4. The highest BCUT2D eigenvalue weighted by atomic mass is 32.2. The van der Waals surface area contributed by atoms with Gasteiger partial charge in [-0.15, -0.1) is 0 Å². The summed E-state index contributed by atoms with van der Waals surface area (Å²) in [7, 11) is -2.87. The monoisotopic (exact) mass is 420 g/mol. The minimum atomic E-state index is -2.87. The molecule has 2 bridgehead atoms. The number of anilines is 1. The Kier molecular flexibility index (Phi) is 7.90.